The van der Waals surface area contributed by atoms with Crippen molar-refractivity contribution in [2.24, 2.45) is 10.7 Å². The van der Waals surface area contributed by atoms with E-state index in [0.717, 1.165) is 0 Å². The third kappa shape index (κ3) is 4.08. The molecule has 0 aliphatic heterocycles. The molecular weight excluding hydrogens is 311 g/mol. The van der Waals surface area contributed by atoms with Gasteiger partial charge in [0.05, 0.1) is 24.8 Å². The number of halogens is 2. The smallest absolute Gasteiger partial charge is 0.337 e. The average Bonchev–Trinajstić information content (AvgIpc) is 2.46. The Morgan fingerprint density at radius 2 is 2.09 bits per heavy atom. The summed E-state index contributed by atoms with van der Waals surface area (Å²) in [5.41, 5.74) is 6.19. The Morgan fingerprint density at radius 1 is 1.45 bits per heavy atom. The Balaban J connectivity index is 3.15. The molecule has 1 rings (SSSR count). The molecule has 0 heterocycles. The summed E-state index contributed by atoms with van der Waals surface area (Å²) in [5, 5.41) is 0.152. The summed E-state index contributed by atoms with van der Waals surface area (Å²) in [6, 6.07) is 2.95. The monoisotopic (exact) mass is 326 g/mol. The Bertz CT molecular complexity index is 669. The minimum absolute atomic E-state index is 0.0128. The van der Waals surface area contributed by atoms with Crippen molar-refractivity contribution in [1.29, 1.82) is 0 Å². The summed E-state index contributed by atoms with van der Waals surface area (Å²) in [7, 11) is 2.54. The van der Waals surface area contributed by atoms with Crippen molar-refractivity contribution in [1.82, 2.24) is 0 Å². The zero-order valence-corrected chi connectivity index (χ0v) is 13.2. The third-order valence-corrected chi connectivity index (χ3v) is 3.01. The maximum atomic E-state index is 14.2. The zero-order chi connectivity index (χ0) is 16.9. The molecule has 1 aromatic carbocycles. The molecule has 1 aromatic rings. The summed E-state index contributed by atoms with van der Waals surface area (Å²) in [6.45, 7) is 5.05. The molecule has 0 unspecified atom stereocenters. The minimum Gasteiger partial charge on any atom is -0.492 e. The normalized spacial score (nSPS) is 12.0. The first-order chi connectivity index (χ1) is 10.3. The van der Waals surface area contributed by atoms with Crippen LogP contribution >= 0.6 is 11.6 Å². The third-order valence-electron chi connectivity index (χ3n) is 2.71. The number of ether oxygens (including phenoxy) is 2. The van der Waals surface area contributed by atoms with E-state index >= 15 is 0 Å². The maximum absolute atomic E-state index is 14.2. The van der Waals surface area contributed by atoms with Gasteiger partial charge in [-0.05, 0) is 25.1 Å². The Hall–Kier alpha value is -2.34. The predicted octanol–water partition coefficient (Wildman–Crippen LogP) is 2.83. The van der Waals surface area contributed by atoms with E-state index in [1.54, 1.807) is 6.92 Å². The van der Waals surface area contributed by atoms with Gasteiger partial charge in [-0.25, -0.2) is 14.2 Å². The molecule has 118 valence electrons. The number of benzene rings is 1. The van der Waals surface area contributed by atoms with E-state index in [9.17, 15) is 9.18 Å². The van der Waals surface area contributed by atoms with Crippen LogP contribution in [-0.4, -0.2) is 25.9 Å². The number of esters is 1. The number of methoxy groups -OCH3 is 2. The van der Waals surface area contributed by atoms with Crippen molar-refractivity contribution in [2.75, 3.05) is 14.2 Å². The molecule has 0 bridgehead atoms. The molecule has 0 saturated carbocycles. The van der Waals surface area contributed by atoms with E-state index in [1.807, 2.05) is 0 Å². The van der Waals surface area contributed by atoms with Crippen LogP contribution in [0.2, 0.25) is 5.02 Å². The second kappa shape index (κ2) is 7.61. The zero-order valence-electron chi connectivity index (χ0n) is 12.4. The molecule has 0 saturated heterocycles. The molecule has 0 radical (unpaired) electrons. The summed E-state index contributed by atoms with van der Waals surface area (Å²) >= 11 is 5.83. The molecular formula is C15H16ClFN2O3. The van der Waals surface area contributed by atoms with Crippen LogP contribution in [0.4, 0.5) is 4.39 Å². The molecule has 0 spiro atoms. The largest absolute Gasteiger partial charge is 0.492 e. The lowest BCUT2D eigenvalue weighted by Gasteiger charge is -2.09. The Morgan fingerprint density at radius 3 is 2.64 bits per heavy atom. The van der Waals surface area contributed by atoms with E-state index in [4.69, 9.17) is 22.1 Å². The van der Waals surface area contributed by atoms with Gasteiger partial charge in [0.2, 0.25) is 0 Å². The van der Waals surface area contributed by atoms with Gasteiger partial charge in [0, 0.05) is 11.3 Å². The van der Waals surface area contributed by atoms with Crippen LogP contribution in [0.5, 0.6) is 5.75 Å². The van der Waals surface area contributed by atoms with E-state index in [2.05, 4.69) is 16.3 Å². The highest BCUT2D eigenvalue weighted by molar-refractivity contribution is 6.32. The number of nitrogens with two attached hydrogens (primary N) is 1. The molecule has 0 aliphatic rings. The summed E-state index contributed by atoms with van der Waals surface area (Å²) in [6.07, 6.45) is 1.24. The topological polar surface area (TPSA) is 73.9 Å². The van der Waals surface area contributed by atoms with Crippen molar-refractivity contribution in [3.8, 4) is 5.75 Å². The van der Waals surface area contributed by atoms with E-state index in [1.165, 1.54) is 32.4 Å². The summed E-state index contributed by atoms with van der Waals surface area (Å²) in [5.74, 6) is -1.36. The number of rotatable bonds is 5. The molecule has 22 heavy (non-hydrogen) atoms. The van der Waals surface area contributed by atoms with Crippen LogP contribution in [0.15, 0.2) is 41.2 Å². The van der Waals surface area contributed by atoms with Crippen LogP contribution in [0, 0.1) is 5.82 Å². The van der Waals surface area contributed by atoms with Gasteiger partial charge in [0.15, 0.2) is 11.6 Å². The van der Waals surface area contributed by atoms with Crippen molar-refractivity contribution < 1.29 is 18.7 Å². The average molecular weight is 327 g/mol. The van der Waals surface area contributed by atoms with Gasteiger partial charge in [-0.3, -0.25) is 0 Å². The first kappa shape index (κ1) is 17.7. The van der Waals surface area contributed by atoms with Gasteiger partial charge in [0.1, 0.15) is 5.82 Å². The van der Waals surface area contributed by atoms with Crippen molar-refractivity contribution >= 4 is 23.3 Å². The van der Waals surface area contributed by atoms with E-state index < -0.39 is 11.8 Å². The van der Waals surface area contributed by atoms with Crippen LogP contribution in [0.25, 0.3) is 0 Å². The van der Waals surface area contributed by atoms with Gasteiger partial charge in [-0.1, -0.05) is 18.2 Å². The lowest BCUT2D eigenvalue weighted by Crippen LogP contribution is -2.07. The summed E-state index contributed by atoms with van der Waals surface area (Å²) < 4.78 is 23.6. The first-order valence-electron chi connectivity index (χ1n) is 6.13. The standard InChI is InChI=1S/C15H16ClFN2O3/c1-8(15(20)22-4)7-12(18)19-9(2)10-5-6-11(16)14(21-3)13(10)17/h5-7H,1,18H2,2-4H3/b12-7-,19-9+. The van der Waals surface area contributed by atoms with Gasteiger partial charge in [0.25, 0.3) is 0 Å². The fraction of sp³-hybridized carbons (Fsp3) is 0.200. The molecule has 0 aromatic heterocycles. The lowest BCUT2D eigenvalue weighted by molar-refractivity contribution is -0.135. The predicted molar refractivity (Wildman–Crippen MR) is 83.6 cm³/mol. The number of nitrogens with zero attached hydrogens (tertiary/aromatic N) is 1. The second-order valence-electron chi connectivity index (χ2n) is 4.23. The molecule has 0 aliphatic carbocycles. The first-order valence-corrected chi connectivity index (χ1v) is 6.51. The molecule has 0 fully saturated rings. The molecule has 0 atom stereocenters. The number of aliphatic imine (C=N–C) groups is 1. The highest BCUT2D eigenvalue weighted by Crippen LogP contribution is 2.30. The molecule has 5 nitrogen and oxygen atoms in total. The maximum Gasteiger partial charge on any atom is 0.337 e. The number of hydrogen-bond donors (Lipinski definition) is 1. The van der Waals surface area contributed by atoms with Crippen LogP contribution in [0.3, 0.4) is 0 Å². The fourth-order valence-electron chi connectivity index (χ4n) is 1.65. The number of carbonyl (C=O) groups is 1. The SMILES string of the molecule is C=C(/C=C(N)\N=C(/C)c1ccc(Cl)c(OC)c1F)C(=O)OC. The number of carbonyl (C=O) groups excluding carboxylic acids is 1. The Labute approximate surface area is 132 Å². The molecule has 2 N–H and O–H groups in total. The quantitative estimate of drug-likeness (QED) is 0.391. The Kier molecular flexibility index (Phi) is 6.12. The number of hydrogen-bond acceptors (Lipinski definition) is 5. The van der Waals surface area contributed by atoms with Gasteiger partial charge < -0.3 is 15.2 Å². The van der Waals surface area contributed by atoms with Crippen molar-refractivity contribution in [3.05, 3.63) is 52.6 Å². The lowest BCUT2D eigenvalue weighted by atomic mass is 10.1. The van der Waals surface area contributed by atoms with Crippen molar-refractivity contribution in [2.45, 2.75) is 6.92 Å². The van der Waals surface area contributed by atoms with Crippen LogP contribution in [-0.2, 0) is 9.53 Å². The van der Waals surface area contributed by atoms with Crippen LogP contribution in [0.1, 0.15) is 12.5 Å². The van der Waals surface area contributed by atoms with Gasteiger partial charge in [-0.2, -0.15) is 0 Å². The van der Waals surface area contributed by atoms with Gasteiger partial charge >= 0.3 is 5.97 Å². The minimum atomic E-state index is -0.643. The second-order valence-corrected chi connectivity index (χ2v) is 4.63. The fourth-order valence-corrected chi connectivity index (χ4v) is 1.88. The van der Waals surface area contributed by atoms with E-state index in [-0.39, 0.29) is 27.7 Å². The van der Waals surface area contributed by atoms with Gasteiger partial charge in [-0.15, -0.1) is 0 Å². The summed E-state index contributed by atoms with van der Waals surface area (Å²) in [4.78, 5) is 15.2. The van der Waals surface area contributed by atoms with Crippen LogP contribution < -0.4 is 10.5 Å². The van der Waals surface area contributed by atoms with Crippen molar-refractivity contribution in [3.63, 3.8) is 0 Å². The highest BCUT2D eigenvalue weighted by Gasteiger charge is 2.15. The van der Waals surface area contributed by atoms with E-state index in [0.29, 0.717) is 5.71 Å². The highest BCUT2D eigenvalue weighted by atomic mass is 35.5. The molecule has 0 amide bonds. The molecule has 7 heteroatoms.